The molecule has 0 unspecified atom stereocenters. The molecule has 0 radical (unpaired) electrons. The minimum Gasteiger partial charge on any atom is -0.462 e. The van der Waals surface area contributed by atoms with Gasteiger partial charge in [0.2, 0.25) is 0 Å². The summed E-state index contributed by atoms with van der Waals surface area (Å²) in [7, 11) is 0. The van der Waals surface area contributed by atoms with Crippen LogP contribution in [0.1, 0.15) is 54.1 Å². The van der Waals surface area contributed by atoms with Crippen molar-refractivity contribution in [3.05, 3.63) is 71.3 Å². The van der Waals surface area contributed by atoms with Crippen molar-refractivity contribution in [2.24, 2.45) is 0 Å². The van der Waals surface area contributed by atoms with Crippen LogP contribution in [0.4, 0.5) is 0 Å². The topological polar surface area (TPSA) is 41.6 Å². The average molecular weight is 445 g/mol. The van der Waals surface area contributed by atoms with Crippen molar-refractivity contribution in [2.75, 3.05) is 32.8 Å². The van der Waals surface area contributed by atoms with Crippen LogP contribution in [-0.2, 0) is 17.6 Å². The number of ether oxygens (including phenoxy) is 1. The van der Waals surface area contributed by atoms with Gasteiger partial charge in [-0.15, -0.1) is 12.4 Å². The fraction of sp³-hybridized carbons (Fsp3) is 0.500. The second-order valence-corrected chi connectivity index (χ2v) is 8.14. The standard InChI is InChI=1S/C26H36N2O2.ClH/c1-2-30-26(29)25-15-7-6-13-23(25)14-9-19-28-20-16-24(17-21-28)27-18-8-12-22-10-4-3-5-11-22;/h3-7,10-11,13,15,24,27H,2,8-9,12,14,16-21H2,1H3;1H. The van der Waals surface area contributed by atoms with Gasteiger partial charge in [0.25, 0.3) is 0 Å². The Morgan fingerprint density at radius 2 is 1.71 bits per heavy atom. The highest BCUT2D eigenvalue weighted by molar-refractivity contribution is 5.91. The van der Waals surface area contributed by atoms with Gasteiger partial charge in [-0.25, -0.2) is 4.79 Å². The lowest BCUT2D eigenvalue weighted by atomic mass is 10.0. The van der Waals surface area contributed by atoms with Crippen LogP contribution in [0.15, 0.2) is 54.6 Å². The van der Waals surface area contributed by atoms with Crippen LogP contribution in [0.3, 0.4) is 0 Å². The Balaban J connectivity index is 0.00000341. The second-order valence-electron chi connectivity index (χ2n) is 8.14. The minimum absolute atomic E-state index is 0. The van der Waals surface area contributed by atoms with Crippen LogP contribution in [0.25, 0.3) is 0 Å². The molecule has 2 aromatic carbocycles. The van der Waals surface area contributed by atoms with Crippen LogP contribution in [-0.4, -0.2) is 49.7 Å². The van der Waals surface area contributed by atoms with Crippen molar-refractivity contribution in [3.63, 3.8) is 0 Å². The minimum atomic E-state index is -0.202. The normalized spacial score (nSPS) is 14.7. The highest BCUT2D eigenvalue weighted by Gasteiger charge is 2.18. The first-order valence-electron chi connectivity index (χ1n) is 11.5. The van der Waals surface area contributed by atoms with E-state index in [4.69, 9.17) is 4.74 Å². The van der Waals surface area contributed by atoms with Gasteiger partial charge in [0.15, 0.2) is 0 Å². The molecule has 0 bridgehead atoms. The van der Waals surface area contributed by atoms with E-state index in [1.54, 1.807) is 0 Å². The number of nitrogens with zero attached hydrogens (tertiary/aromatic N) is 1. The molecule has 0 aliphatic carbocycles. The third-order valence-corrected chi connectivity index (χ3v) is 5.94. The fourth-order valence-corrected chi connectivity index (χ4v) is 4.24. The molecule has 1 fully saturated rings. The number of carbonyl (C=O) groups is 1. The van der Waals surface area contributed by atoms with E-state index in [1.807, 2.05) is 25.1 Å². The third kappa shape index (κ3) is 8.64. The lowest BCUT2D eigenvalue weighted by Gasteiger charge is -2.32. The number of nitrogens with one attached hydrogen (secondary N) is 1. The number of carbonyl (C=O) groups excluding carboxylic acids is 1. The van der Waals surface area contributed by atoms with Gasteiger partial charge in [0.1, 0.15) is 0 Å². The first kappa shape index (κ1) is 25.4. The lowest BCUT2D eigenvalue weighted by Crippen LogP contribution is -2.43. The number of piperidine rings is 1. The Bertz CT molecular complexity index is 761. The maximum absolute atomic E-state index is 12.1. The number of likely N-dealkylation sites (tertiary alicyclic amines) is 1. The van der Waals surface area contributed by atoms with Gasteiger partial charge < -0.3 is 15.0 Å². The summed E-state index contributed by atoms with van der Waals surface area (Å²) in [6.45, 7) is 6.79. The van der Waals surface area contributed by atoms with Crippen molar-refractivity contribution in [1.82, 2.24) is 10.2 Å². The van der Waals surface area contributed by atoms with Crippen LogP contribution in [0.2, 0.25) is 0 Å². The molecule has 0 atom stereocenters. The van der Waals surface area contributed by atoms with Gasteiger partial charge in [-0.1, -0.05) is 48.5 Å². The van der Waals surface area contributed by atoms with E-state index in [2.05, 4.69) is 46.6 Å². The van der Waals surface area contributed by atoms with Crippen molar-refractivity contribution in [3.8, 4) is 0 Å². The maximum atomic E-state index is 12.1. The third-order valence-electron chi connectivity index (χ3n) is 5.94. The van der Waals surface area contributed by atoms with Crippen LogP contribution in [0, 0.1) is 0 Å². The molecule has 1 N–H and O–H groups in total. The summed E-state index contributed by atoms with van der Waals surface area (Å²) in [4.78, 5) is 14.7. The Morgan fingerprint density at radius 3 is 2.45 bits per heavy atom. The van der Waals surface area contributed by atoms with E-state index in [0.717, 1.165) is 56.6 Å². The maximum Gasteiger partial charge on any atom is 0.338 e. The molecule has 0 spiro atoms. The first-order chi connectivity index (χ1) is 14.8. The summed E-state index contributed by atoms with van der Waals surface area (Å²) < 4.78 is 5.19. The summed E-state index contributed by atoms with van der Waals surface area (Å²) in [6, 6.07) is 19.2. The van der Waals surface area contributed by atoms with Crippen LogP contribution < -0.4 is 5.32 Å². The molecule has 0 amide bonds. The monoisotopic (exact) mass is 444 g/mol. The molecular formula is C26H37ClN2O2. The van der Waals surface area contributed by atoms with Crippen LogP contribution >= 0.6 is 12.4 Å². The predicted octanol–water partition coefficient (Wildman–Crippen LogP) is 4.90. The van der Waals surface area contributed by atoms with E-state index in [-0.39, 0.29) is 18.4 Å². The van der Waals surface area contributed by atoms with Crippen molar-refractivity contribution >= 4 is 18.4 Å². The molecule has 4 nitrogen and oxygen atoms in total. The average Bonchev–Trinajstić information content (AvgIpc) is 2.79. The highest BCUT2D eigenvalue weighted by Crippen LogP contribution is 2.15. The van der Waals surface area contributed by atoms with Crippen molar-refractivity contribution in [1.29, 1.82) is 0 Å². The SMILES string of the molecule is CCOC(=O)c1ccccc1CCCN1CCC(NCCCc2ccccc2)CC1.Cl. The number of benzene rings is 2. The zero-order valence-electron chi connectivity index (χ0n) is 18.7. The summed E-state index contributed by atoms with van der Waals surface area (Å²) in [5.41, 5.74) is 3.25. The number of hydrogen-bond donors (Lipinski definition) is 1. The van der Waals surface area contributed by atoms with Crippen molar-refractivity contribution < 1.29 is 9.53 Å². The second kappa shape index (κ2) is 14.2. The van der Waals surface area contributed by atoms with Crippen LogP contribution in [0.5, 0.6) is 0 Å². The molecule has 0 aromatic heterocycles. The largest absolute Gasteiger partial charge is 0.462 e. The molecule has 170 valence electrons. The summed E-state index contributed by atoms with van der Waals surface area (Å²) in [6.07, 6.45) is 6.80. The molecule has 1 heterocycles. The quantitative estimate of drug-likeness (QED) is 0.395. The van der Waals surface area contributed by atoms with Gasteiger partial charge in [0, 0.05) is 6.04 Å². The van der Waals surface area contributed by atoms with E-state index in [0.29, 0.717) is 12.6 Å². The Labute approximate surface area is 193 Å². The first-order valence-corrected chi connectivity index (χ1v) is 11.5. The molecule has 5 heteroatoms. The number of aryl methyl sites for hydroxylation is 2. The van der Waals surface area contributed by atoms with Gasteiger partial charge >= 0.3 is 5.97 Å². The van der Waals surface area contributed by atoms with E-state index in [1.165, 1.54) is 24.8 Å². The molecule has 1 saturated heterocycles. The van der Waals surface area contributed by atoms with Gasteiger partial charge in [-0.3, -0.25) is 0 Å². The molecular weight excluding hydrogens is 408 g/mol. The molecule has 31 heavy (non-hydrogen) atoms. The zero-order chi connectivity index (χ0) is 21.0. The zero-order valence-corrected chi connectivity index (χ0v) is 19.5. The smallest absolute Gasteiger partial charge is 0.338 e. The predicted molar refractivity (Wildman–Crippen MR) is 130 cm³/mol. The van der Waals surface area contributed by atoms with Gasteiger partial charge in [-0.2, -0.15) is 0 Å². The summed E-state index contributed by atoms with van der Waals surface area (Å²) in [5.74, 6) is -0.202. The number of esters is 1. The molecule has 1 aliphatic heterocycles. The van der Waals surface area contributed by atoms with Crippen molar-refractivity contribution in [2.45, 2.75) is 51.5 Å². The van der Waals surface area contributed by atoms with E-state index in [9.17, 15) is 4.79 Å². The molecule has 2 aromatic rings. The number of rotatable bonds is 11. The van der Waals surface area contributed by atoms with Gasteiger partial charge in [0.05, 0.1) is 12.2 Å². The highest BCUT2D eigenvalue weighted by atomic mass is 35.5. The number of halogens is 1. The summed E-state index contributed by atoms with van der Waals surface area (Å²) in [5, 5.41) is 3.75. The Hall–Kier alpha value is -1.88. The number of hydrogen-bond acceptors (Lipinski definition) is 4. The van der Waals surface area contributed by atoms with Gasteiger partial charge in [-0.05, 0) is 88.8 Å². The summed E-state index contributed by atoms with van der Waals surface area (Å²) >= 11 is 0. The molecule has 3 rings (SSSR count). The Kier molecular flexibility index (Phi) is 11.7. The lowest BCUT2D eigenvalue weighted by molar-refractivity contribution is 0.0525. The Morgan fingerprint density at radius 1 is 1.00 bits per heavy atom. The molecule has 1 aliphatic rings. The van der Waals surface area contributed by atoms with E-state index < -0.39 is 0 Å². The fourth-order valence-electron chi connectivity index (χ4n) is 4.24. The van der Waals surface area contributed by atoms with E-state index >= 15 is 0 Å². The molecule has 0 saturated carbocycles.